The number of aromatic hydroxyl groups is 1. The van der Waals surface area contributed by atoms with Gasteiger partial charge in [-0.25, -0.2) is 0 Å². The summed E-state index contributed by atoms with van der Waals surface area (Å²) in [5, 5.41) is 15.8. The maximum Gasteiger partial charge on any atom is 0.270 e. The zero-order chi connectivity index (χ0) is 13.0. The van der Waals surface area contributed by atoms with E-state index in [1.165, 1.54) is 0 Å². The van der Waals surface area contributed by atoms with Crippen LogP contribution in [0, 0.1) is 0 Å². The van der Waals surface area contributed by atoms with Crippen molar-refractivity contribution in [2.45, 2.75) is 13.2 Å². The number of nitrogens with one attached hydrogen (secondary N) is 1. The van der Waals surface area contributed by atoms with Gasteiger partial charge in [0.05, 0.1) is 13.2 Å². The van der Waals surface area contributed by atoms with Crippen molar-refractivity contribution in [3.8, 4) is 5.75 Å². The lowest BCUT2D eigenvalue weighted by atomic mass is 10.2. The number of rotatable bonds is 5. The van der Waals surface area contributed by atoms with E-state index in [9.17, 15) is 9.90 Å². The minimum absolute atomic E-state index is 0.102. The Balaban J connectivity index is 1.93. The van der Waals surface area contributed by atoms with Crippen molar-refractivity contribution >= 4 is 5.91 Å². The first kappa shape index (κ1) is 12.1. The molecule has 0 fully saturated rings. The second kappa shape index (κ2) is 5.33. The molecule has 0 unspecified atom stereocenters. The molecule has 2 aromatic rings. The zero-order valence-electron chi connectivity index (χ0n) is 9.59. The summed E-state index contributed by atoms with van der Waals surface area (Å²) in [5.41, 5.74) is 6.21. The Morgan fingerprint density at radius 1 is 1.33 bits per heavy atom. The minimum atomic E-state index is -0.755. The molecule has 94 valence electrons. The molecule has 0 atom stereocenters. The fourth-order valence-corrected chi connectivity index (χ4v) is 1.49. The molecule has 4 N–H and O–H groups in total. The van der Waals surface area contributed by atoms with E-state index >= 15 is 0 Å². The first-order valence-corrected chi connectivity index (χ1v) is 5.36. The summed E-state index contributed by atoms with van der Waals surface area (Å²) in [7, 11) is 0. The lowest BCUT2D eigenvalue weighted by Crippen LogP contribution is -2.11. The molecule has 6 nitrogen and oxygen atoms in total. The van der Waals surface area contributed by atoms with Gasteiger partial charge < -0.3 is 15.6 Å². The van der Waals surface area contributed by atoms with E-state index in [1.807, 2.05) is 30.3 Å². The SMILES string of the molecule is NC(=O)c1[nH]nc(COCc2ccccc2)c1O. The molecule has 0 spiro atoms. The van der Waals surface area contributed by atoms with Crippen LogP contribution in [0.15, 0.2) is 30.3 Å². The summed E-state index contributed by atoms with van der Waals surface area (Å²) < 4.78 is 5.39. The number of carbonyl (C=O) groups is 1. The molecule has 1 aromatic carbocycles. The van der Waals surface area contributed by atoms with Crippen LogP contribution in [-0.2, 0) is 18.0 Å². The predicted octanol–water partition coefficient (Wildman–Crippen LogP) is 0.931. The van der Waals surface area contributed by atoms with E-state index in [2.05, 4.69) is 10.2 Å². The molecule has 0 saturated heterocycles. The molecule has 18 heavy (non-hydrogen) atoms. The molecule has 1 aromatic heterocycles. The van der Waals surface area contributed by atoms with Crippen molar-refractivity contribution in [2.24, 2.45) is 5.73 Å². The van der Waals surface area contributed by atoms with Crippen molar-refractivity contribution in [1.29, 1.82) is 0 Å². The van der Waals surface area contributed by atoms with Gasteiger partial charge in [-0.05, 0) is 5.56 Å². The summed E-state index contributed by atoms with van der Waals surface area (Å²) in [6.45, 7) is 0.504. The molecule has 0 aliphatic heterocycles. The van der Waals surface area contributed by atoms with Gasteiger partial charge in [-0.3, -0.25) is 9.89 Å². The van der Waals surface area contributed by atoms with Crippen LogP contribution in [0.1, 0.15) is 21.7 Å². The van der Waals surface area contributed by atoms with Gasteiger partial charge in [-0.1, -0.05) is 30.3 Å². The summed E-state index contributed by atoms with van der Waals surface area (Å²) in [4.78, 5) is 10.9. The molecule has 0 bridgehead atoms. The highest BCUT2D eigenvalue weighted by atomic mass is 16.5. The van der Waals surface area contributed by atoms with Crippen LogP contribution >= 0.6 is 0 Å². The summed E-state index contributed by atoms with van der Waals surface area (Å²) >= 11 is 0. The molecule has 2 rings (SSSR count). The molecule has 1 amide bonds. The quantitative estimate of drug-likeness (QED) is 0.731. The Hall–Kier alpha value is -2.34. The third-order valence-corrected chi connectivity index (χ3v) is 2.41. The Bertz CT molecular complexity index is 537. The van der Waals surface area contributed by atoms with E-state index in [4.69, 9.17) is 10.5 Å². The minimum Gasteiger partial charge on any atom is -0.504 e. The molecule has 0 saturated carbocycles. The first-order chi connectivity index (χ1) is 8.68. The van der Waals surface area contributed by atoms with Gasteiger partial charge in [0.2, 0.25) is 0 Å². The van der Waals surface area contributed by atoms with Crippen LogP contribution in [0.3, 0.4) is 0 Å². The zero-order valence-corrected chi connectivity index (χ0v) is 9.59. The van der Waals surface area contributed by atoms with Gasteiger partial charge in [-0.15, -0.1) is 0 Å². The molecule has 0 radical (unpaired) electrons. The van der Waals surface area contributed by atoms with Crippen LogP contribution in [0.25, 0.3) is 0 Å². The number of primary amides is 1. The molecular weight excluding hydrogens is 234 g/mol. The maximum atomic E-state index is 10.9. The number of aromatic nitrogens is 2. The van der Waals surface area contributed by atoms with Gasteiger partial charge in [0, 0.05) is 0 Å². The third kappa shape index (κ3) is 2.67. The molecule has 0 aliphatic rings. The van der Waals surface area contributed by atoms with Crippen LogP contribution in [0.4, 0.5) is 0 Å². The molecule has 1 heterocycles. The number of aromatic amines is 1. The average Bonchev–Trinajstić information content (AvgIpc) is 2.73. The highest BCUT2D eigenvalue weighted by molar-refractivity contribution is 5.93. The Labute approximate surface area is 103 Å². The van der Waals surface area contributed by atoms with Crippen LogP contribution < -0.4 is 5.73 Å². The van der Waals surface area contributed by atoms with E-state index in [-0.39, 0.29) is 23.7 Å². The number of ether oxygens (including phenoxy) is 1. The topological polar surface area (TPSA) is 101 Å². The van der Waals surface area contributed by atoms with Crippen molar-refractivity contribution in [3.63, 3.8) is 0 Å². The normalized spacial score (nSPS) is 10.4. The largest absolute Gasteiger partial charge is 0.504 e. The number of hydrogen-bond donors (Lipinski definition) is 3. The number of benzene rings is 1. The fraction of sp³-hybridized carbons (Fsp3) is 0.167. The van der Waals surface area contributed by atoms with Crippen molar-refractivity contribution < 1.29 is 14.6 Å². The van der Waals surface area contributed by atoms with Gasteiger partial charge in [0.1, 0.15) is 5.69 Å². The third-order valence-electron chi connectivity index (χ3n) is 2.41. The number of nitrogens with two attached hydrogens (primary N) is 1. The van der Waals surface area contributed by atoms with E-state index in [0.717, 1.165) is 5.56 Å². The van der Waals surface area contributed by atoms with Gasteiger partial charge in [0.25, 0.3) is 5.91 Å². The number of amides is 1. The second-order valence-corrected chi connectivity index (χ2v) is 3.74. The van der Waals surface area contributed by atoms with Crippen LogP contribution in [0.5, 0.6) is 5.75 Å². The van der Waals surface area contributed by atoms with Gasteiger partial charge in [0.15, 0.2) is 11.4 Å². The molecular formula is C12H13N3O3. The average molecular weight is 247 g/mol. The van der Waals surface area contributed by atoms with Gasteiger partial charge >= 0.3 is 0 Å². The van der Waals surface area contributed by atoms with Crippen LogP contribution in [0.2, 0.25) is 0 Å². The van der Waals surface area contributed by atoms with Crippen molar-refractivity contribution in [2.75, 3.05) is 0 Å². The predicted molar refractivity (Wildman–Crippen MR) is 63.7 cm³/mol. The number of nitrogens with zero attached hydrogens (tertiary/aromatic N) is 1. The smallest absolute Gasteiger partial charge is 0.270 e. The molecule has 6 heteroatoms. The molecule has 0 aliphatic carbocycles. The standard InChI is InChI=1S/C12H13N3O3/c13-12(17)10-11(16)9(14-15-10)7-18-6-8-4-2-1-3-5-8/h1-5,16H,6-7H2,(H2,13,17)(H,14,15). The highest BCUT2D eigenvalue weighted by Crippen LogP contribution is 2.19. The van der Waals surface area contributed by atoms with Crippen molar-refractivity contribution in [3.05, 3.63) is 47.3 Å². The Morgan fingerprint density at radius 3 is 2.67 bits per heavy atom. The lowest BCUT2D eigenvalue weighted by Gasteiger charge is -2.02. The van der Waals surface area contributed by atoms with E-state index in [0.29, 0.717) is 6.61 Å². The monoisotopic (exact) mass is 247 g/mol. The van der Waals surface area contributed by atoms with E-state index in [1.54, 1.807) is 0 Å². The highest BCUT2D eigenvalue weighted by Gasteiger charge is 2.15. The van der Waals surface area contributed by atoms with Crippen LogP contribution in [-0.4, -0.2) is 21.2 Å². The Kier molecular flexibility index (Phi) is 3.59. The van der Waals surface area contributed by atoms with E-state index < -0.39 is 5.91 Å². The first-order valence-electron chi connectivity index (χ1n) is 5.36. The summed E-state index contributed by atoms with van der Waals surface area (Å²) in [5.74, 6) is -1.01. The number of H-pyrrole nitrogens is 1. The van der Waals surface area contributed by atoms with Crippen molar-refractivity contribution in [1.82, 2.24) is 10.2 Å². The van der Waals surface area contributed by atoms with Gasteiger partial charge in [-0.2, -0.15) is 5.10 Å². The maximum absolute atomic E-state index is 10.9. The number of carbonyl (C=O) groups excluding carboxylic acids is 1. The fourth-order valence-electron chi connectivity index (χ4n) is 1.49. The Morgan fingerprint density at radius 2 is 2.06 bits per heavy atom. The second-order valence-electron chi connectivity index (χ2n) is 3.74. The summed E-state index contributed by atoms with van der Waals surface area (Å²) in [6.07, 6.45) is 0. The lowest BCUT2D eigenvalue weighted by molar-refractivity contribution is 0.0990. The summed E-state index contributed by atoms with van der Waals surface area (Å²) in [6, 6.07) is 9.60. The number of hydrogen-bond acceptors (Lipinski definition) is 4.